The molecule has 0 saturated carbocycles. The van der Waals surface area contributed by atoms with Crippen LogP contribution in [0.3, 0.4) is 0 Å². The second-order valence-corrected chi connectivity index (χ2v) is 10.3. The van der Waals surface area contributed by atoms with E-state index in [1.807, 2.05) is 9.80 Å². The second-order valence-electron chi connectivity index (χ2n) is 8.08. The Morgan fingerprint density at radius 1 is 0.529 bits per heavy atom. The smallest absolute Gasteiger partial charge is 0.369 e. The molecule has 0 amide bonds. The van der Waals surface area contributed by atoms with Crippen LogP contribution in [0.15, 0.2) is 48.5 Å². The summed E-state index contributed by atoms with van der Waals surface area (Å²) in [7, 11) is 3.23. The Morgan fingerprint density at radius 3 is 1.21 bits per heavy atom. The van der Waals surface area contributed by atoms with Crippen LogP contribution in [0.1, 0.15) is 11.1 Å². The van der Waals surface area contributed by atoms with E-state index in [0.29, 0.717) is 37.6 Å². The lowest BCUT2D eigenvalue weighted by Crippen LogP contribution is -2.45. The molecule has 0 atom stereocenters. The van der Waals surface area contributed by atoms with Crippen molar-refractivity contribution in [3.05, 3.63) is 59.7 Å². The summed E-state index contributed by atoms with van der Waals surface area (Å²) < 4.78 is 82.2. The summed E-state index contributed by atoms with van der Waals surface area (Å²) >= 11 is 0. The normalized spacial score (nSPS) is 19.0. The zero-order valence-electron chi connectivity index (χ0n) is 18.1. The zero-order chi connectivity index (χ0) is 24.3. The first-order chi connectivity index (χ1) is 16.1. The number of anilines is 2. The first-order valence-electron chi connectivity index (χ1n) is 10.8. The van der Waals surface area contributed by atoms with Gasteiger partial charge in [-0.15, -0.1) is 0 Å². The fraction of sp³-hybridized carbons (Fsp3) is 0.455. The number of nitrogens with zero attached hydrogens (tertiary/aromatic N) is 4. The Labute approximate surface area is 202 Å². The van der Waals surface area contributed by atoms with Crippen molar-refractivity contribution in [2.75, 3.05) is 62.2 Å². The molecule has 2 aromatic carbocycles. The maximum absolute atomic E-state index is 13.0. The van der Waals surface area contributed by atoms with Gasteiger partial charge in [-0.1, -0.05) is 12.1 Å². The zero-order valence-corrected chi connectivity index (χ0v) is 19.8. The van der Waals surface area contributed by atoms with Crippen LogP contribution in [0.4, 0.5) is 37.7 Å². The predicted octanol–water partition coefficient (Wildman–Crippen LogP) is 5.88. The van der Waals surface area contributed by atoms with Crippen molar-refractivity contribution >= 4 is 33.3 Å². The van der Waals surface area contributed by atoms with Gasteiger partial charge in [-0.2, -0.15) is 26.3 Å². The molecule has 2 aliphatic heterocycles. The largest absolute Gasteiger partial charge is 0.416 e. The van der Waals surface area contributed by atoms with Gasteiger partial charge in [0.15, 0.2) is 0 Å². The summed E-state index contributed by atoms with van der Waals surface area (Å²) in [4.78, 5) is 3.93. The van der Waals surface area contributed by atoms with Crippen molar-refractivity contribution in [3.8, 4) is 0 Å². The second kappa shape index (κ2) is 10.5. The van der Waals surface area contributed by atoms with Gasteiger partial charge in [-0.3, -0.25) is 0 Å². The molecule has 0 radical (unpaired) electrons. The van der Waals surface area contributed by atoms with E-state index < -0.39 is 23.5 Å². The van der Waals surface area contributed by atoms with Gasteiger partial charge in [-0.05, 0) is 36.4 Å². The van der Waals surface area contributed by atoms with Crippen LogP contribution in [0.5, 0.6) is 0 Å². The molecule has 0 unspecified atom stereocenters. The van der Waals surface area contributed by atoms with E-state index in [1.54, 1.807) is 34.1 Å². The average Bonchev–Trinajstić information content (AvgIpc) is 2.82. The van der Waals surface area contributed by atoms with Crippen LogP contribution in [0.25, 0.3) is 0 Å². The lowest BCUT2D eigenvalue weighted by Gasteiger charge is -2.38. The van der Waals surface area contributed by atoms with E-state index in [4.69, 9.17) is 0 Å². The van der Waals surface area contributed by atoms with E-state index in [2.05, 4.69) is 8.61 Å². The Balaban J connectivity index is 1.21. The van der Waals surface area contributed by atoms with Crippen molar-refractivity contribution in [1.82, 2.24) is 8.61 Å². The molecule has 2 saturated heterocycles. The molecule has 2 aromatic rings. The van der Waals surface area contributed by atoms with Crippen LogP contribution in [0.2, 0.25) is 0 Å². The highest BCUT2D eigenvalue weighted by Gasteiger charge is 2.32. The molecule has 2 fully saturated rings. The number of alkyl halides is 6. The summed E-state index contributed by atoms with van der Waals surface area (Å²) in [5, 5.41) is 0. The monoisotopic (exact) mass is 522 g/mol. The minimum Gasteiger partial charge on any atom is -0.369 e. The Kier molecular flexibility index (Phi) is 7.80. The standard InChI is InChI=1S/C22H24F6N4S2/c23-21(24,25)17-3-1-5-19(15-17)29-7-11-31(12-8-29)33-34-32-13-9-30(10-14-32)20-6-2-4-18(16-20)22(26,27)28/h1-6,15-16H,7-14H2. The lowest BCUT2D eigenvalue weighted by atomic mass is 10.1. The van der Waals surface area contributed by atoms with Gasteiger partial charge in [0, 0.05) is 85.7 Å². The summed E-state index contributed by atoms with van der Waals surface area (Å²) in [6.07, 6.45) is -8.70. The molecule has 0 spiro atoms. The summed E-state index contributed by atoms with van der Waals surface area (Å²) in [5.74, 6) is 0. The first kappa shape index (κ1) is 25.3. The van der Waals surface area contributed by atoms with Crippen molar-refractivity contribution in [1.29, 1.82) is 0 Å². The summed E-state index contributed by atoms with van der Waals surface area (Å²) in [5.41, 5.74) is -0.112. The lowest BCUT2D eigenvalue weighted by molar-refractivity contribution is -0.138. The van der Waals surface area contributed by atoms with Crippen LogP contribution in [0, 0.1) is 0 Å². The molecular formula is C22H24F6N4S2. The Bertz CT molecular complexity index is 877. The fourth-order valence-electron chi connectivity index (χ4n) is 3.89. The van der Waals surface area contributed by atoms with Gasteiger partial charge < -0.3 is 9.80 Å². The van der Waals surface area contributed by atoms with Crippen molar-refractivity contribution < 1.29 is 26.3 Å². The third-order valence-electron chi connectivity index (χ3n) is 5.80. The van der Waals surface area contributed by atoms with E-state index in [1.165, 1.54) is 24.3 Å². The molecule has 4 nitrogen and oxygen atoms in total. The van der Waals surface area contributed by atoms with Crippen molar-refractivity contribution in [3.63, 3.8) is 0 Å². The van der Waals surface area contributed by atoms with Gasteiger partial charge >= 0.3 is 12.4 Å². The van der Waals surface area contributed by atoms with Crippen molar-refractivity contribution in [2.45, 2.75) is 12.4 Å². The highest BCUT2D eigenvalue weighted by atomic mass is 33.1. The van der Waals surface area contributed by atoms with Gasteiger partial charge in [-0.25, -0.2) is 8.61 Å². The molecule has 2 aliphatic rings. The molecule has 0 aromatic heterocycles. The molecule has 0 bridgehead atoms. The molecule has 12 heteroatoms. The van der Waals surface area contributed by atoms with Gasteiger partial charge in [0.1, 0.15) is 0 Å². The summed E-state index contributed by atoms with van der Waals surface area (Å²) in [6, 6.07) is 10.8. The molecule has 2 heterocycles. The third-order valence-corrected chi connectivity index (χ3v) is 8.48. The molecule has 34 heavy (non-hydrogen) atoms. The number of benzene rings is 2. The van der Waals surface area contributed by atoms with E-state index in [-0.39, 0.29) is 0 Å². The SMILES string of the molecule is FC(F)(F)c1cccc(N2CCN(SSN3CCN(c4cccc(C(F)(F)F)c4)CC3)CC2)c1. The molecule has 0 N–H and O–H groups in total. The molecular weight excluding hydrogens is 498 g/mol. The quantitative estimate of drug-likeness (QED) is 0.274. The van der Waals surface area contributed by atoms with E-state index in [0.717, 1.165) is 38.3 Å². The predicted molar refractivity (Wildman–Crippen MR) is 126 cm³/mol. The third kappa shape index (κ3) is 6.46. The van der Waals surface area contributed by atoms with Crippen molar-refractivity contribution in [2.24, 2.45) is 0 Å². The fourth-order valence-corrected chi connectivity index (χ4v) is 6.17. The Morgan fingerprint density at radius 2 is 0.882 bits per heavy atom. The minimum atomic E-state index is -4.35. The number of piperazine rings is 2. The maximum Gasteiger partial charge on any atom is 0.416 e. The van der Waals surface area contributed by atoms with Crippen LogP contribution in [-0.4, -0.2) is 61.0 Å². The Hall–Kier alpha value is -1.76. The molecule has 186 valence electrons. The van der Waals surface area contributed by atoms with Gasteiger partial charge in [0.25, 0.3) is 0 Å². The highest BCUT2D eigenvalue weighted by molar-refractivity contribution is 8.74. The number of halogens is 6. The number of hydrogen-bond donors (Lipinski definition) is 0. The maximum atomic E-state index is 13.0. The van der Waals surface area contributed by atoms with E-state index >= 15 is 0 Å². The highest BCUT2D eigenvalue weighted by Crippen LogP contribution is 2.35. The number of hydrogen-bond acceptors (Lipinski definition) is 6. The van der Waals surface area contributed by atoms with Crippen LogP contribution >= 0.6 is 22.0 Å². The van der Waals surface area contributed by atoms with E-state index in [9.17, 15) is 26.3 Å². The molecule has 0 aliphatic carbocycles. The molecule has 4 rings (SSSR count). The van der Waals surface area contributed by atoms with Gasteiger partial charge in [0.2, 0.25) is 0 Å². The number of rotatable bonds is 5. The van der Waals surface area contributed by atoms with Crippen LogP contribution < -0.4 is 9.80 Å². The average molecular weight is 523 g/mol. The van der Waals surface area contributed by atoms with Gasteiger partial charge in [0.05, 0.1) is 11.1 Å². The first-order valence-corrected chi connectivity index (χ1v) is 12.8. The summed E-state index contributed by atoms with van der Waals surface area (Å²) in [6.45, 7) is 5.43. The van der Waals surface area contributed by atoms with Crippen LogP contribution in [-0.2, 0) is 12.4 Å². The minimum absolute atomic E-state index is 0.581. The topological polar surface area (TPSA) is 13.0 Å².